The topological polar surface area (TPSA) is 68.0 Å². The van der Waals surface area contributed by atoms with Crippen LogP contribution in [0.4, 0.5) is 8.78 Å². The minimum absolute atomic E-state index is 0.158. The molecule has 5 nitrogen and oxygen atoms in total. The van der Waals surface area contributed by atoms with Gasteiger partial charge < -0.3 is 9.90 Å². The van der Waals surface area contributed by atoms with Gasteiger partial charge in [0.1, 0.15) is 36.2 Å². The van der Waals surface area contributed by atoms with Crippen LogP contribution in [0.3, 0.4) is 0 Å². The predicted molar refractivity (Wildman–Crippen MR) is 65.5 cm³/mol. The van der Waals surface area contributed by atoms with Gasteiger partial charge in [0.2, 0.25) is 0 Å². The Bertz CT molecular complexity index is 604. The smallest absolute Gasteiger partial charge is 0.137 e. The van der Waals surface area contributed by atoms with Crippen molar-refractivity contribution in [2.75, 3.05) is 0 Å². The van der Waals surface area contributed by atoms with Crippen molar-refractivity contribution in [3.8, 4) is 0 Å². The molecule has 1 heterocycles. The van der Waals surface area contributed by atoms with Gasteiger partial charge in [0, 0.05) is 17.5 Å². The maximum atomic E-state index is 13.9. The van der Waals surface area contributed by atoms with E-state index in [9.17, 15) is 18.7 Å². The number of hydrogen-bond acceptors (Lipinski definition) is 4. The van der Waals surface area contributed by atoms with Crippen LogP contribution in [0.15, 0.2) is 30.9 Å². The van der Waals surface area contributed by atoms with E-state index < -0.39 is 23.2 Å². The van der Waals surface area contributed by atoms with E-state index in [0.29, 0.717) is 12.4 Å². The van der Waals surface area contributed by atoms with E-state index in [-0.39, 0.29) is 12.1 Å². The number of rotatable bonds is 5. The van der Waals surface area contributed by atoms with Gasteiger partial charge in [0.25, 0.3) is 0 Å². The van der Waals surface area contributed by atoms with Gasteiger partial charge in [-0.1, -0.05) is 13.0 Å². The van der Waals surface area contributed by atoms with Crippen LogP contribution in [0, 0.1) is 17.6 Å². The Balaban J connectivity index is 2.48. The summed E-state index contributed by atoms with van der Waals surface area (Å²) in [7, 11) is 0. The van der Waals surface area contributed by atoms with Crippen molar-refractivity contribution in [3.63, 3.8) is 0 Å². The number of carbonyl (C=O) groups is 1. The number of carbonyl (C=O) groups excluding carboxylic acids is 1. The molecule has 1 aromatic carbocycles. The third kappa shape index (κ3) is 2.57. The van der Waals surface area contributed by atoms with Crippen molar-refractivity contribution in [1.29, 1.82) is 0 Å². The second-order valence-corrected chi connectivity index (χ2v) is 4.57. The minimum atomic E-state index is -1.84. The molecule has 0 amide bonds. The first-order valence-corrected chi connectivity index (χ1v) is 5.93. The fourth-order valence-electron chi connectivity index (χ4n) is 1.99. The molecule has 2 atom stereocenters. The molecule has 0 radical (unpaired) electrons. The van der Waals surface area contributed by atoms with E-state index in [1.807, 2.05) is 0 Å². The summed E-state index contributed by atoms with van der Waals surface area (Å²) in [5.74, 6) is -2.58. The van der Waals surface area contributed by atoms with E-state index in [2.05, 4.69) is 10.1 Å². The lowest BCUT2D eigenvalue weighted by atomic mass is 9.82. The van der Waals surface area contributed by atoms with Crippen LogP contribution in [0.2, 0.25) is 0 Å². The standard InChI is InChI=1S/C13H13F2N3O2/c1-9(5-19)13(20,6-18-8-16-7-17-18)11-3-2-10(14)4-12(11)15/h2-5,7-9,20H,6H2,1H3/t9-,13+/m0/s1. The number of halogens is 2. The van der Waals surface area contributed by atoms with E-state index in [0.717, 1.165) is 12.1 Å². The van der Waals surface area contributed by atoms with Crippen molar-refractivity contribution in [1.82, 2.24) is 14.8 Å². The van der Waals surface area contributed by atoms with Gasteiger partial charge in [-0.05, 0) is 6.07 Å². The Morgan fingerprint density at radius 3 is 2.80 bits per heavy atom. The molecular formula is C13H13F2N3O2. The van der Waals surface area contributed by atoms with Gasteiger partial charge in [0.05, 0.1) is 6.54 Å². The van der Waals surface area contributed by atoms with Crippen LogP contribution in [0.5, 0.6) is 0 Å². The Hall–Kier alpha value is -2.15. The molecule has 0 fully saturated rings. The normalized spacial score (nSPS) is 15.6. The zero-order valence-electron chi connectivity index (χ0n) is 10.7. The Kier molecular flexibility index (Phi) is 3.89. The average Bonchev–Trinajstić information content (AvgIpc) is 2.90. The highest BCUT2D eigenvalue weighted by atomic mass is 19.1. The molecule has 1 N–H and O–H groups in total. The number of aromatic nitrogens is 3. The number of hydrogen-bond donors (Lipinski definition) is 1. The van der Waals surface area contributed by atoms with Gasteiger partial charge in [-0.15, -0.1) is 0 Å². The van der Waals surface area contributed by atoms with Crippen LogP contribution < -0.4 is 0 Å². The summed E-state index contributed by atoms with van der Waals surface area (Å²) in [4.78, 5) is 14.8. The van der Waals surface area contributed by atoms with Crippen molar-refractivity contribution >= 4 is 6.29 Å². The summed E-state index contributed by atoms with van der Waals surface area (Å²) < 4.78 is 28.2. The number of aldehydes is 1. The highest BCUT2D eigenvalue weighted by Crippen LogP contribution is 2.32. The largest absolute Gasteiger partial charge is 0.382 e. The van der Waals surface area contributed by atoms with Gasteiger partial charge >= 0.3 is 0 Å². The minimum Gasteiger partial charge on any atom is -0.382 e. The van der Waals surface area contributed by atoms with Crippen molar-refractivity contribution in [2.45, 2.75) is 19.1 Å². The SMILES string of the molecule is C[C@@H](C=O)[C@](O)(Cn1cncn1)c1ccc(F)cc1F. The third-order valence-corrected chi connectivity index (χ3v) is 3.22. The fourth-order valence-corrected chi connectivity index (χ4v) is 1.99. The summed E-state index contributed by atoms with van der Waals surface area (Å²) in [5.41, 5.74) is -2.00. The molecule has 0 saturated heterocycles. The van der Waals surface area contributed by atoms with Crippen LogP contribution >= 0.6 is 0 Å². The molecule has 0 aliphatic rings. The molecular weight excluding hydrogens is 268 g/mol. The number of aliphatic hydroxyl groups is 1. The number of nitrogens with zero attached hydrogens (tertiary/aromatic N) is 3. The first kappa shape index (κ1) is 14.3. The van der Waals surface area contributed by atoms with E-state index in [1.54, 1.807) is 0 Å². The molecule has 0 saturated carbocycles. The van der Waals surface area contributed by atoms with Crippen molar-refractivity contribution in [3.05, 3.63) is 48.1 Å². The van der Waals surface area contributed by atoms with E-state index >= 15 is 0 Å². The van der Waals surface area contributed by atoms with Crippen molar-refractivity contribution in [2.24, 2.45) is 5.92 Å². The first-order chi connectivity index (χ1) is 9.47. The molecule has 0 bridgehead atoms. The highest BCUT2D eigenvalue weighted by molar-refractivity contribution is 5.56. The first-order valence-electron chi connectivity index (χ1n) is 5.93. The van der Waals surface area contributed by atoms with Crippen molar-refractivity contribution < 1.29 is 18.7 Å². The number of benzene rings is 1. The monoisotopic (exact) mass is 281 g/mol. The molecule has 1 aromatic heterocycles. The second-order valence-electron chi connectivity index (χ2n) is 4.57. The van der Waals surface area contributed by atoms with Crippen LogP contribution in [-0.4, -0.2) is 26.2 Å². The maximum absolute atomic E-state index is 13.9. The van der Waals surface area contributed by atoms with Gasteiger partial charge in [0.15, 0.2) is 0 Å². The third-order valence-electron chi connectivity index (χ3n) is 3.22. The van der Waals surface area contributed by atoms with Crippen LogP contribution in [0.1, 0.15) is 12.5 Å². The average molecular weight is 281 g/mol. The molecule has 0 aliphatic carbocycles. The Morgan fingerprint density at radius 2 is 2.25 bits per heavy atom. The summed E-state index contributed by atoms with van der Waals surface area (Å²) >= 11 is 0. The van der Waals surface area contributed by atoms with Gasteiger partial charge in [-0.2, -0.15) is 5.10 Å². The molecule has 7 heteroatoms. The lowest BCUT2D eigenvalue weighted by Crippen LogP contribution is -2.40. The Morgan fingerprint density at radius 1 is 1.50 bits per heavy atom. The summed E-state index contributed by atoms with van der Waals surface area (Å²) in [6.45, 7) is 1.28. The summed E-state index contributed by atoms with van der Waals surface area (Å²) in [5, 5.41) is 14.5. The van der Waals surface area contributed by atoms with E-state index in [4.69, 9.17) is 0 Å². The molecule has 2 aromatic rings. The second kappa shape index (κ2) is 5.46. The molecule has 20 heavy (non-hydrogen) atoms. The Labute approximate surface area is 113 Å². The summed E-state index contributed by atoms with van der Waals surface area (Å²) in [6.07, 6.45) is 3.11. The zero-order chi connectivity index (χ0) is 14.8. The molecule has 106 valence electrons. The van der Waals surface area contributed by atoms with Gasteiger partial charge in [-0.3, -0.25) is 0 Å². The molecule has 0 aliphatic heterocycles. The lowest BCUT2D eigenvalue weighted by Gasteiger charge is -2.31. The fraction of sp³-hybridized carbons (Fsp3) is 0.308. The van der Waals surface area contributed by atoms with E-state index in [1.165, 1.54) is 24.3 Å². The molecule has 0 spiro atoms. The summed E-state index contributed by atoms with van der Waals surface area (Å²) in [6, 6.07) is 2.82. The van der Waals surface area contributed by atoms with Crippen LogP contribution in [-0.2, 0) is 16.9 Å². The zero-order valence-corrected chi connectivity index (χ0v) is 10.7. The predicted octanol–water partition coefficient (Wildman–Crippen LogP) is 1.28. The maximum Gasteiger partial charge on any atom is 0.137 e. The lowest BCUT2D eigenvalue weighted by molar-refractivity contribution is -0.121. The molecule has 0 unspecified atom stereocenters. The van der Waals surface area contributed by atoms with Gasteiger partial charge in [-0.25, -0.2) is 18.4 Å². The highest BCUT2D eigenvalue weighted by Gasteiger charge is 2.39. The van der Waals surface area contributed by atoms with Crippen LogP contribution in [0.25, 0.3) is 0 Å². The molecule has 2 rings (SSSR count). The quantitative estimate of drug-likeness (QED) is 0.838.